The van der Waals surface area contributed by atoms with Gasteiger partial charge >= 0.3 is 0 Å². The van der Waals surface area contributed by atoms with Crippen LogP contribution in [0.2, 0.25) is 0 Å². The predicted octanol–water partition coefficient (Wildman–Crippen LogP) is 22.5. The van der Waals surface area contributed by atoms with E-state index in [-0.39, 0.29) is 5.41 Å². The smallest absolute Gasteiger partial charge is 0.136 e. The molecule has 0 fully saturated rings. The molecular formula is C73H65N3OS. The van der Waals surface area contributed by atoms with Gasteiger partial charge in [0.25, 0.3) is 0 Å². The lowest BCUT2D eigenvalue weighted by molar-refractivity contribution is 0.660. The molecule has 10 aromatic carbocycles. The first kappa shape index (κ1) is 51.2. The van der Waals surface area contributed by atoms with Crippen LogP contribution in [0.4, 0.5) is 45.5 Å². The van der Waals surface area contributed by atoms with Crippen molar-refractivity contribution in [2.75, 3.05) is 14.7 Å². The Bertz CT molecular complexity index is 4110. The first-order chi connectivity index (χ1) is 38.3. The number of anilines is 8. The highest BCUT2D eigenvalue weighted by Gasteiger charge is 2.36. The summed E-state index contributed by atoms with van der Waals surface area (Å²) in [6.45, 7) is 16.9. The Kier molecular flexibility index (Phi) is 14.4. The third-order valence-electron chi connectivity index (χ3n) is 14.9. The Balaban J connectivity index is 0.00000158. The summed E-state index contributed by atoms with van der Waals surface area (Å²) in [5, 5.41) is 4.64. The highest BCUT2D eigenvalue weighted by atomic mass is 32.1. The number of para-hydroxylation sites is 3. The lowest BCUT2D eigenvalue weighted by Crippen LogP contribution is -2.16. The molecule has 0 atom stereocenters. The maximum absolute atomic E-state index is 6.75. The van der Waals surface area contributed by atoms with Crippen molar-refractivity contribution in [2.45, 2.75) is 60.8 Å². The van der Waals surface area contributed by atoms with Crippen molar-refractivity contribution in [3.8, 4) is 22.3 Å². The molecule has 0 unspecified atom stereocenters. The van der Waals surface area contributed by atoms with Crippen LogP contribution in [0, 0.1) is 0 Å². The monoisotopic (exact) mass is 1030 g/mol. The molecule has 0 spiro atoms. The number of furan rings is 1. The molecule has 0 aliphatic heterocycles. The van der Waals surface area contributed by atoms with Gasteiger partial charge < -0.3 is 19.1 Å². The minimum absolute atomic E-state index is 0.157. The summed E-state index contributed by atoms with van der Waals surface area (Å²) in [6, 6.07) is 83.7. The maximum Gasteiger partial charge on any atom is 0.136 e. The number of thiophene rings is 1. The molecule has 2 aromatic heterocycles. The van der Waals surface area contributed by atoms with Gasteiger partial charge in [-0.1, -0.05) is 163 Å². The predicted molar refractivity (Wildman–Crippen MR) is 339 cm³/mol. The number of hydrogen-bond acceptors (Lipinski definition) is 5. The molecule has 78 heavy (non-hydrogen) atoms. The summed E-state index contributed by atoms with van der Waals surface area (Å²) in [6.07, 6.45) is 6.46. The summed E-state index contributed by atoms with van der Waals surface area (Å²) in [7, 11) is 0. The average Bonchev–Trinajstić information content (AvgIpc) is 4.25. The molecule has 0 saturated heterocycles. The molecule has 0 radical (unpaired) electrons. The zero-order valence-electron chi connectivity index (χ0n) is 45.8. The second kappa shape index (κ2) is 22.0. The average molecular weight is 1030 g/mol. The van der Waals surface area contributed by atoms with E-state index in [9.17, 15) is 0 Å². The Labute approximate surface area is 464 Å². The molecule has 384 valence electrons. The minimum atomic E-state index is -0.157. The van der Waals surface area contributed by atoms with E-state index in [1.54, 1.807) is 0 Å². The van der Waals surface area contributed by atoms with Crippen LogP contribution in [0.5, 0.6) is 0 Å². The summed E-state index contributed by atoms with van der Waals surface area (Å²) in [5.74, 6) is 0. The molecule has 5 heteroatoms. The molecule has 2 heterocycles. The topological polar surface area (TPSA) is 22.9 Å². The van der Waals surface area contributed by atoms with Gasteiger partial charge in [0.1, 0.15) is 11.2 Å². The van der Waals surface area contributed by atoms with Gasteiger partial charge in [-0.2, -0.15) is 0 Å². The van der Waals surface area contributed by atoms with Crippen LogP contribution in [0.3, 0.4) is 0 Å². The summed E-state index contributed by atoms with van der Waals surface area (Å²) in [4.78, 5) is 7.08. The molecule has 12 aromatic rings. The highest BCUT2D eigenvalue weighted by molar-refractivity contribution is 7.25. The fraction of sp³-hybridized carbons (Fsp3) is 0.123. The van der Waals surface area contributed by atoms with Crippen LogP contribution in [0.1, 0.15) is 66.5 Å². The van der Waals surface area contributed by atoms with Crippen molar-refractivity contribution in [1.29, 1.82) is 0 Å². The first-order valence-corrected chi connectivity index (χ1v) is 28.3. The second-order valence-corrected chi connectivity index (χ2v) is 20.7. The van der Waals surface area contributed by atoms with Gasteiger partial charge in [0.15, 0.2) is 0 Å². The third kappa shape index (κ3) is 9.24. The summed E-state index contributed by atoms with van der Waals surface area (Å²) in [5.41, 5.74) is 19.0. The van der Waals surface area contributed by atoms with Crippen molar-refractivity contribution in [2.24, 2.45) is 0 Å². The quantitative estimate of drug-likeness (QED) is 0.120. The zero-order chi connectivity index (χ0) is 53.9. The van der Waals surface area contributed by atoms with Gasteiger partial charge in [0.2, 0.25) is 0 Å². The van der Waals surface area contributed by atoms with E-state index < -0.39 is 0 Å². The number of rotatable bonds is 11. The number of hydrogen-bond donors (Lipinski definition) is 0. The van der Waals surface area contributed by atoms with Gasteiger partial charge in [-0.15, -0.1) is 11.3 Å². The van der Waals surface area contributed by atoms with Crippen molar-refractivity contribution < 1.29 is 4.42 Å². The molecule has 1 aliphatic rings. The van der Waals surface area contributed by atoms with E-state index in [4.69, 9.17) is 4.42 Å². The van der Waals surface area contributed by atoms with Crippen molar-refractivity contribution in [3.63, 3.8) is 0 Å². The molecular weight excluding hydrogens is 967 g/mol. The van der Waals surface area contributed by atoms with E-state index in [0.29, 0.717) is 0 Å². The molecule has 1 aliphatic carbocycles. The number of fused-ring (bicyclic) bond motifs is 9. The fourth-order valence-corrected chi connectivity index (χ4v) is 12.4. The van der Waals surface area contributed by atoms with E-state index >= 15 is 0 Å². The minimum Gasteiger partial charge on any atom is -0.456 e. The van der Waals surface area contributed by atoms with Gasteiger partial charge in [-0.3, -0.25) is 0 Å². The zero-order valence-corrected chi connectivity index (χ0v) is 46.6. The second-order valence-electron chi connectivity index (χ2n) is 19.6. The van der Waals surface area contributed by atoms with Gasteiger partial charge in [0.05, 0.1) is 0 Å². The normalized spacial score (nSPS) is 12.5. The number of benzene rings is 10. The Hall–Kier alpha value is -8.90. The molecule has 4 nitrogen and oxygen atoms in total. The van der Waals surface area contributed by atoms with Crippen molar-refractivity contribution in [1.82, 2.24) is 0 Å². The van der Waals surface area contributed by atoms with E-state index in [1.807, 2.05) is 39.0 Å². The van der Waals surface area contributed by atoms with E-state index in [0.717, 1.165) is 84.3 Å². The largest absolute Gasteiger partial charge is 0.456 e. The standard InChI is InChI=1S/C69H53N3OS.2C2H6/c1-5-19-48(6-2)70(49-21-10-7-11-22-49)56-32-37-60-62-43-54(34-39-67(62)74-68(60)45-56)72(55-31-36-58-57-28-16-17-29-63(57)69(3,4)64(58)44-55)53-33-38-65-61(42-53)59-35-30-47(41-66(59)73-65)46-20-18-27-52(40-46)71(50-23-12-8-13-24-50)51-25-14-9-15-26-51;2*1-2/h5-45H,1-4H3;2*1-2H3/b19-5-,48-6+;;. The first-order valence-electron chi connectivity index (χ1n) is 27.5. The van der Waals surface area contributed by atoms with Gasteiger partial charge in [-0.25, -0.2) is 0 Å². The Morgan fingerprint density at radius 1 is 0.397 bits per heavy atom. The van der Waals surface area contributed by atoms with Crippen LogP contribution in [-0.4, -0.2) is 0 Å². The lowest BCUT2D eigenvalue weighted by Gasteiger charge is -2.28. The number of nitrogens with zero attached hydrogens (tertiary/aromatic N) is 3. The summed E-state index contributed by atoms with van der Waals surface area (Å²) >= 11 is 1.85. The van der Waals surface area contributed by atoms with E-state index in [2.05, 4.69) is 291 Å². The SMILES string of the molecule is C/C=C\C(=C/C)N(c1ccccc1)c1ccc2c(c1)sc1ccc(N(c3ccc4c(c3)C(C)(C)c3ccccc3-4)c3ccc4oc5cc(-c6cccc(N(c7ccccc7)c7ccccc7)c6)ccc5c4c3)cc12.CC.CC. The van der Waals surface area contributed by atoms with Gasteiger partial charge in [-0.05, 0) is 175 Å². The van der Waals surface area contributed by atoms with Gasteiger partial charge in [0, 0.05) is 87.6 Å². The molecule has 0 N–H and O–H groups in total. The van der Waals surface area contributed by atoms with E-state index in [1.165, 1.54) is 42.4 Å². The van der Waals surface area contributed by atoms with Crippen LogP contribution >= 0.6 is 11.3 Å². The van der Waals surface area contributed by atoms with Crippen LogP contribution in [-0.2, 0) is 5.41 Å². The third-order valence-corrected chi connectivity index (χ3v) is 16.0. The summed E-state index contributed by atoms with van der Waals surface area (Å²) < 4.78 is 9.25. The Morgan fingerprint density at radius 3 is 1.65 bits per heavy atom. The lowest BCUT2D eigenvalue weighted by atomic mass is 9.82. The molecule has 0 amide bonds. The van der Waals surface area contributed by atoms with Crippen molar-refractivity contribution in [3.05, 3.63) is 266 Å². The highest BCUT2D eigenvalue weighted by Crippen LogP contribution is 2.52. The molecule has 0 saturated carbocycles. The van der Waals surface area contributed by atoms with Crippen molar-refractivity contribution >= 4 is 98.9 Å². The maximum atomic E-state index is 6.75. The van der Waals surface area contributed by atoms with Crippen LogP contribution in [0.15, 0.2) is 259 Å². The molecule has 13 rings (SSSR count). The number of allylic oxidation sites excluding steroid dienone is 3. The fourth-order valence-electron chi connectivity index (χ4n) is 11.3. The van der Waals surface area contributed by atoms with Crippen LogP contribution < -0.4 is 14.7 Å². The van der Waals surface area contributed by atoms with Crippen LogP contribution in [0.25, 0.3) is 64.4 Å². The Morgan fingerprint density at radius 2 is 0.949 bits per heavy atom. The molecule has 0 bridgehead atoms.